The van der Waals surface area contributed by atoms with E-state index in [9.17, 15) is 5.11 Å². The summed E-state index contributed by atoms with van der Waals surface area (Å²) >= 11 is 10.7. The Morgan fingerprint density at radius 3 is 2.94 bits per heavy atom. The third-order valence-corrected chi connectivity index (χ3v) is 2.54. The molecule has 1 aromatic rings. The highest BCUT2D eigenvalue weighted by Gasteiger charge is 2.08. The van der Waals surface area contributed by atoms with Gasteiger partial charge in [-0.3, -0.25) is 5.43 Å². The van der Waals surface area contributed by atoms with E-state index in [4.69, 9.17) is 28.6 Å². The summed E-state index contributed by atoms with van der Waals surface area (Å²) in [5.74, 6) is 0.247. The van der Waals surface area contributed by atoms with Gasteiger partial charge in [0, 0.05) is 7.05 Å². The summed E-state index contributed by atoms with van der Waals surface area (Å²) in [4.78, 5) is 0. The number of aromatic hydroxyl groups is 1. The molecule has 0 unspecified atom stereocenters. The molecule has 3 N–H and O–H groups in total. The molecule has 1 rings (SSSR count). The van der Waals surface area contributed by atoms with Crippen LogP contribution in [0.4, 0.5) is 0 Å². The number of hydrazone groups is 1. The van der Waals surface area contributed by atoms with Gasteiger partial charge >= 0.3 is 0 Å². The summed E-state index contributed by atoms with van der Waals surface area (Å²) in [6.45, 7) is 2.26. The molecule has 0 spiro atoms. The van der Waals surface area contributed by atoms with E-state index in [1.165, 1.54) is 6.21 Å². The molecule has 0 atom stereocenters. The molecule has 0 aliphatic carbocycles. The fraction of sp³-hybridized carbons (Fsp3) is 0.273. The Morgan fingerprint density at radius 1 is 1.61 bits per heavy atom. The molecule has 5 nitrogen and oxygen atoms in total. The highest BCUT2D eigenvalue weighted by atomic mass is 35.5. The Morgan fingerprint density at radius 2 is 2.33 bits per heavy atom. The molecule has 0 radical (unpaired) electrons. The maximum atomic E-state index is 9.66. The van der Waals surface area contributed by atoms with Gasteiger partial charge in [-0.05, 0) is 36.8 Å². The second kappa shape index (κ2) is 7.03. The van der Waals surface area contributed by atoms with Crippen LogP contribution < -0.4 is 15.5 Å². The van der Waals surface area contributed by atoms with Crippen molar-refractivity contribution >= 4 is 35.1 Å². The Balaban J connectivity index is 2.86. The SMILES string of the molecule is CCOc1cc(/C=N/NC(=S)NC)cc(Cl)c1O. The van der Waals surface area contributed by atoms with E-state index in [0.29, 0.717) is 23.0 Å². The summed E-state index contributed by atoms with van der Waals surface area (Å²) in [5, 5.41) is 16.9. The van der Waals surface area contributed by atoms with Gasteiger partial charge in [-0.25, -0.2) is 0 Å². The van der Waals surface area contributed by atoms with Gasteiger partial charge < -0.3 is 15.2 Å². The van der Waals surface area contributed by atoms with E-state index in [2.05, 4.69) is 15.8 Å². The highest BCUT2D eigenvalue weighted by Crippen LogP contribution is 2.34. The smallest absolute Gasteiger partial charge is 0.186 e. The standard InChI is InChI=1S/C11H14ClN3O2S/c1-3-17-9-5-7(4-8(12)10(9)16)6-14-15-11(18)13-2/h4-6,16H,3H2,1-2H3,(H2,13,15,18)/b14-6+. The Labute approximate surface area is 116 Å². The van der Waals surface area contributed by atoms with E-state index >= 15 is 0 Å². The van der Waals surface area contributed by atoms with Crippen LogP contribution in [-0.2, 0) is 0 Å². The first-order valence-corrected chi connectivity index (χ1v) is 6.03. The topological polar surface area (TPSA) is 65.9 Å². The summed E-state index contributed by atoms with van der Waals surface area (Å²) in [6, 6.07) is 3.21. The molecule has 0 fully saturated rings. The monoisotopic (exact) mass is 287 g/mol. The summed E-state index contributed by atoms with van der Waals surface area (Å²) < 4.78 is 5.25. The van der Waals surface area contributed by atoms with Crippen molar-refractivity contribution in [2.75, 3.05) is 13.7 Å². The van der Waals surface area contributed by atoms with Gasteiger partial charge in [-0.2, -0.15) is 5.10 Å². The Bertz CT molecular complexity index is 466. The molecule has 7 heteroatoms. The van der Waals surface area contributed by atoms with Crippen molar-refractivity contribution in [2.45, 2.75) is 6.92 Å². The van der Waals surface area contributed by atoms with Crippen molar-refractivity contribution in [3.63, 3.8) is 0 Å². The zero-order valence-electron chi connectivity index (χ0n) is 10.0. The van der Waals surface area contributed by atoms with Crippen LogP contribution >= 0.6 is 23.8 Å². The predicted octanol–water partition coefficient (Wildman–Crippen LogP) is 1.87. The molecular weight excluding hydrogens is 274 g/mol. The third-order valence-electron chi connectivity index (χ3n) is 1.96. The lowest BCUT2D eigenvalue weighted by molar-refractivity contribution is 0.318. The lowest BCUT2D eigenvalue weighted by Gasteiger charge is -2.08. The van der Waals surface area contributed by atoms with E-state index in [-0.39, 0.29) is 10.8 Å². The van der Waals surface area contributed by atoms with Crippen LogP contribution in [-0.4, -0.2) is 30.1 Å². The number of hydrogen-bond acceptors (Lipinski definition) is 4. The van der Waals surface area contributed by atoms with Gasteiger partial charge in [0.15, 0.2) is 16.6 Å². The van der Waals surface area contributed by atoms with E-state index in [0.717, 1.165) is 0 Å². The number of phenolic OH excluding ortho intramolecular Hbond substituents is 1. The van der Waals surface area contributed by atoms with Gasteiger partial charge in [0.2, 0.25) is 0 Å². The van der Waals surface area contributed by atoms with Gasteiger partial charge in [0.1, 0.15) is 0 Å². The Kier molecular flexibility index (Phi) is 5.67. The number of phenols is 1. The van der Waals surface area contributed by atoms with Crippen molar-refractivity contribution in [3.8, 4) is 11.5 Å². The van der Waals surface area contributed by atoms with E-state index in [1.807, 2.05) is 6.92 Å². The fourth-order valence-electron chi connectivity index (χ4n) is 1.16. The maximum Gasteiger partial charge on any atom is 0.186 e. The average molecular weight is 288 g/mol. The average Bonchev–Trinajstić information content (AvgIpc) is 2.35. The first kappa shape index (κ1) is 14.5. The zero-order chi connectivity index (χ0) is 13.5. The molecule has 0 bridgehead atoms. The minimum atomic E-state index is -0.0747. The maximum absolute atomic E-state index is 9.66. The number of benzene rings is 1. The van der Waals surface area contributed by atoms with E-state index in [1.54, 1.807) is 19.2 Å². The van der Waals surface area contributed by atoms with Gasteiger partial charge in [0.05, 0.1) is 17.8 Å². The second-order valence-corrected chi connectivity index (χ2v) is 4.05. The van der Waals surface area contributed by atoms with Gasteiger partial charge in [-0.1, -0.05) is 11.6 Å². The third kappa shape index (κ3) is 4.05. The normalized spacial score (nSPS) is 10.4. The minimum absolute atomic E-state index is 0.0747. The van der Waals surface area contributed by atoms with Gasteiger partial charge in [-0.15, -0.1) is 0 Å². The minimum Gasteiger partial charge on any atom is -0.503 e. The molecule has 18 heavy (non-hydrogen) atoms. The Hall–Kier alpha value is -1.53. The molecule has 0 aromatic heterocycles. The van der Waals surface area contributed by atoms with Crippen molar-refractivity contribution in [1.29, 1.82) is 0 Å². The number of thiocarbonyl (C=S) groups is 1. The summed E-state index contributed by atoms with van der Waals surface area (Å²) in [6.07, 6.45) is 1.53. The summed E-state index contributed by atoms with van der Waals surface area (Å²) in [5.41, 5.74) is 3.30. The van der Waals surface area contributed by atoms with Crippen molar-refractivity contribution in [3.05, 3.63) is 22.7 Å². The molecule has 1 aromatic carbocycles. The fourth-order valence-corrected chi connectivity index (χ4v) is 1.43. The largest absolute Gasteiger partial charge is 0.503 e. The molecule has 0 heterocycles. The van der Waals surface area contributed by atoms with Crippen molar-refractivity contribution < 1.29 is 9.84 Å². The predicted molar refractivity (Wildman–Crippen MR) is 76.7 cm³/mol. The number of nitrogens with one attached hydrogen (secondary N) is 2. The zero-order valence-corrected chi connectivity index (χ0v) is 11.6. The van der Waals surface area contributed by atoms with Crippen LogP contribution in [0.2, 0.25) is 5.02 Å². The van der Waals surface area contributed by atoms with Crippen LogP contribution in [0.5, 0.6) is 11.5 Å². The number of hydrogen-bond donors (Lipinski definition) is 3. The molecule has 0 aliphatic rings. The molecule has 0 amide bonds. The lowest BCUT2D eigenvalue weighted by Crippen LogP contribution is -2.28. The van der Waals surface area contributed by atoms with Crippen molar-refractivity contribution in [2.24, 2.45) is 5.10 Å². The number of ether oxygens (including phenoxy) is 1. The van der Waals surface area contributed by atoms with Crippen LogP contribution in [0.25, 0.3) is 0 Å². The first-order valence-electron chi connectivity index (χ1n) is 5.24. The number of halogens is 1. The van der Waals surface area contributed by atoms with Crippen LogP contribution in [0, 0.1) is 0 Å². The molecule has 98 valence electrons. The van der Waals surface area contributed by atoms with Gasteiger partial charge in [0.25, 0.3) is 0 Å². The quantitative estimate of drug-likeness (QED) is 0.448. The van der Waals surface area contributed by atoms with Crippen LogP contribution in [0.1, 0.15) is 12.5 Å². The van der Waals surface area contributed by atoms with Crippen LogP contribution in [0.3, 0.4) is 0 Å². The molecular formula is C11H14ClN3O2S. The first-order chi connectivity index (χ1) is 8.58. The lowest BCUT2D eigenvalue weighted by atomic mass is 10.2. The highest BCUT2D eigenvalue weighted by molar-refractivity contribution is 7.80. The number of rotatable bonds is 4. The van der Waals surface area contributed by atoms with E-state index < -0.39 is 0 Å². The summed E-state index contributed by atoms with van der Waals surface area (Å²) in [7, 11) is 1.69. The number of nitrogens with zero attached hydrogens (tertiary/aromatic N) is 1. The second-order valence-electron chi connectivity index (χ2n) is 3.23. The molecule has 0 saturated heterocycles. The van der Waals surface area contributed by atoms with Crippen molar-refractivity contribution in [1.82, 2.24) is 10.7 Å². The molecule has 0 aliphatic heterocycles. The van der Waals surface area contributed by atoms with Crippen LogP contribution in [0.15, 0.2) is 17.2 Å². The molecule has 0 saturated carbocycles.